The van der Waals surface area contributed by atoms with Crippen molar-refractivity contribution in [3.8, 4) is 0 Å². The van der Waals surface area contributed by atoms with Crippen molar-refractivity contribution >= 4 is 13.6 Å². The molecule has 1 aromatic heterocycles. The van der Waals surface area contributed by atoms with Crippen LogP contribution in [0.15, 0.2) is 48.7 Å². The average molecular weight is 371 g/mol. The minimum Gasteiger partial charge on any atom is -0.307 e. The van der Waals surface area contributed by atoms with E-state index in [-0.39, 0.29) is 0 Å². The number of hydrogen-bond donors (Lipinski definition) is 0. The molecule has 4 nitrogen and oxygen atoms in total. The van der Waals surface area contributed by atoms with Gasteiger partial charge in [0, 0.05) is 17.9 Å². The highest BCUT2D eigenvalue weighted by atomic mass is 16.1. The van der Waals surface area contributed by atoms with E-state index in [9.17, 15) is 0 Å². The van der Waals surface area contributed by atoms with E-state index in [1.54, 1.807) is 0 Å². The van der Waals surface area contributed by atoms with Crippen LogP contribution < -0.4 is 0 Å². The third-order valence-electron chi connectivity index (χ3n) is 4.60. The maximum absolute atomic E-state index is 8.00. The summed E-state index contributed by atoms with van der Waals surface area (Å²) in [7, 11) is 2.25. The van der Waals surface area contributed by atoms with Crippen molar-refractivity contribution in [2.75, 3.05) is 13.6 Å². The zero-order valence-electron chi connectivity index (χ0n) is 17.1. The molecular weight excluding hydrogens is 336 g/mol. The molecule has 0 N–H and O–H groups in total. The second-order valence-corrected chi connectivity index (χ2v) is 6.64. The Morgan fingerprint density at radius 3 is 2.04 bits per heavy atom. The number of rotatable bonds is 3. The van der Waals surface area contributed by atoms with Crippen LogP contribution in [0.3, 0.4) is 0 Å². The Hall–Kier alpha value is -2.33. The van der Waals surface area contributed by atoms with Crippen LogP contribution >= 0.6 is 0 Å². The summed E-state index contributed by atoms with van der Waals surface area (Å²) in [6.45, 7) is 9.46. The Labute approximate surface area is 164 Å². The van der Waals surface area contributed by atoms with Crippen LogP contribution in [-0.4, -0.2) is 43.1 Å². The van der Waals surface area contributed by atoms with Crippen molar-refractivity contribution in [2.24, 2.45) is 0 Å². The third-order valence-corrected chi connectivity index (χ3v) is 4.60. The molecule has 27 heavy (non-hydrogen) atoms. The number of carbonyl (C=O) groups excluding carboxylic acids is 2. The molecule has 1 fully saturated rings. The molecular formula is C23H34N2O2. The Bertz CT molecular complexity index is 564. The second kappa shape index (κ2) is 15.9. The van der Waals surface area contributed by atoms with E-state index in [1.807, 2.05) is 25.8 Å². The molecule has 4 heteroatoms. The van der Waals surface area contributed by atoms with Crippen LogP contribution in [0.25, 0.3) is 0 Å². The Kier molecular flexibility index (Phi) is 14.5. The van der Waals surface area contributed by atoms with Crippen LogP contribution in [0.4, 0.5) is 0 Å². The van der Waals surface area contributed by atoms with Crippen molar-refractivity contribution in [1.82, 2.24) is 9.88 Å². The van der Waals surface area contributed by atoms with Crippen molar-refractivity contribution in [3.05, 3.63) is 65.5 Å². The maximum atomic E-state index is 8.00. The molecule has 1 aromatic carbocycles. The van der Waals surface area contributed by atoms with Gasteiger partial charge in [0.05, 0.1) is 0 Å². The van der Waals surface area contributed by atoms with Crippen LogP contribution in [0.2, 0.25) is 0 Å². The molecule has 2 heterocycles. The number of piperidine rings is 1. The number of hydrogen-bond acceptors (Lipinski definition) is 4. The highest BCUT2D eigenvalue weighted by Crippen LogP contribution is 2.19. The third kappa shape index (κ3) is 11.1. The molecule has 1 saturated heterocycles. The first-order valence-corrected chi connectivity index (χ1v) is 9.36. The maximum Gasteiger partial charge on any atom is 0.106 e. The summed E-state index contributed by atoms with van der Waals surface area (Å²) in [5.74, 6) is 0. The van der Waals surface area contributed by atoms with Gasteiger partial charge in [-0.15, -0.1) is 0 Å². The number of aryl methyl sites for hydroxylation is 3. The van der Waals surface area contributed by atoms with E-state index in [4.69, 9.17) is 9.59 Å². The van der Waals surface area contributed by atoms with Crippen LogP contribution in [0.5, 0.6) is 0 Å². The Morgan fingerprint density at radius 2 is 1.56 bits per heavy atom. The first kappa shape index (κ1) is 24.7. The fourth-order valence-corrected chi connectivity index (χ4v) is 3.01. The van der Waals surface area contributed by atoms with Crippen molar-refractivity contribution < 1.29 is 9.59 Å². The summed E-state index contributed by atoms with van der Waals surface area (Å²) in [4.78, 5) is 22.9. The van der Waals surface area contributed by atoms with Gasteiger partial charge in [0.15, 0.2) is 0 Å². The quantitative estimate of drug-likeness (QED) is 0.802. The van der Waals surface area contributed by atoms with Crippen molar-refractivity contribution in [3.63, 3.8) is 0 Å². The second-order valence-electron chi connectivity index (χ2n) is 6.64. The van der Waals surface area contributed by atoms with Gasteiger partial charge in [-0.1, -0.05) is 47.9 Å². The molecule has 0 aliphatic carbocycles. The zero-order valence-corrected chi connectivity index (χ0v) is 17.1. The number of pyridine rings is 1. The number of carbonyl (C=O) groups is 2. The SMILES string of the molecule is C=O.C=O.CN1CCCCC1CCc1ccccn1.Cc1ccc(C)cc1. The minimum atomic E-state index is 0.778. The van der Waals surface area contributed by atoms with E-state index in [2.05, 4.69) is 67.2 Å². The molecule has 1 atom stereocenters. The summed E-state index contributed by atoms with van der Waals surface area (Å²) in [5.41, 5.74) is 3.89. The fourth-order valence-electron chi connectivity index (χ4n) is 3.01. The lowest BCUT2D eigenvalue weighted by molar-refractivity contribution is -0.0987. The van der Waals surface area contributed by atoms with Gasteiger partial charge >= 0.3 is 0 Å². The molecule has 148 valence electrons. The van der Waals surface area contributed by atoms with Crippen molar-refractivity contribution in [2.45, 2.75) is 52.0 Å². The van der Waals surface area contributed by atoms with Gasteiger partial charge in [0.2, 0.25) is 0 Å². The van der Waals surface area contributed by atoms with Crippen molar-refractivity contribution in [1.29, 1.82) is 0 Å². The molecule has 0 spiro atoms. The van der Waals surface area contributed by atoms with Crippen LogP contribution in [-0.2, 0) is 16.0 Å². The highest BCUT2D eigenvalue weighted by Gasteiger charge is 2.18. The van der Waals surface area contributed by atoms with Gasteiger partial charge in [0.25, 0.3) is 0 Å². The van der Waals surface area contributed by atoms with Crippen LogP contribution in [0, 0.1) is 13.8 Å². The Morgan fingerprint density at radius 1 is 0.963 bits per heavy atom. The topological polar surface area (TPSA) is 50.3 Å². The standard InChI is InChI=1S/C13H20N2.C8H10.2CH2O/c1-15-11-5-3-7-13(15)9-8-12-6-2-4-10-14-12;1-7-3-5-8(2)6-4-7;2*1-2/h2,4,6,10,13H,3,5,7-9,11H2,1H3;3-6H,1-2H3;2*1H2. The fraction of sp³-hybridized carbons (Fsp3) is 0.435. The smallest absolute Gasteiger partial charge is 0.106 e. The van der Waals surface area contributed by atoms with E-state index < -0.39 is 0 Å². The summed E-state index contributed by atoms with van der Waals surface area (Å²) in [6.07, 6.45) is 8.40. The van der Waals surface area contributed by atoms with E-state index in [0.717, 1.165) is 12.5 Å². The summed E-state index contributed by atoms with van der Waals surface area (Å²) >= 11 is 0. The Balaban J connectivity index is 0.000000477. The normalized spacial score (nSPS) is 15.7. The molecule has 2 aromatic rings. The molecule has 1 unspecified atom stereocenters. The largest absolute Gasteiger partial charge is 0.307 e. The summed E-state index contributed by atoms with van der Waals surface area (Å²) in [6, 6.07) is 15.4. The van der Waals surface area contributed by atoms with Crippen LogP contribution in [0.1, 0.15) is 42.5 Å². The van der Waals surface area contributed by atoms with E-state index >= 15 is 0 Å². The zero-order chi connectivity index (χ0) is 20.5. The average Bonchev–Trinajstić information content (AvgIpc) is 2.74. The van der Waals surface area contributed by atoms with Gasteiger partial charge in [-0.05, 0) is 65.3 Å². The van der Waals surface area contributed by atoms with Gasteiger partial charge in [0.1, 0.15) is 13.6 Å². The van der Waals surface area contributed by atoms with E-state index in [0.29, 0.717) is 0 Å². The van der Waals surface area contributed by atoms with Gasteiger partial charge in [-0.25, -0.2) is 0 Å². The van der Waals surface area contributed by atoms with Gasteiger partial charge in [-0.3, -0.25) is 4.98 Å². The van der Waals surface area contributed by atoms with E-state index in [1.165, 1.54) is 49.0 Å². The molecule has 0 bridgehead atoms. The first-order valence-electron chi connectivity index (χ1n) is 9.36. The molecule has 0 amide bonds. The van der Waals surface area contributed by atoms with Gasteiger partial charge < -0.3 is 14.5 Å². The number of nitrogens with zero attached hydrogens (tertiary/aromatic N) is 2. The summed E-state index contributed by atoms with van der Waals surface area (Å²) < 4.78 is 0. The lowest BCUT2D eigenvalue weighted by Crippen LogP contribution is -2.36. The molecule has 1 aliphatic heterocycles. The molecule has 3 rings (SSSR count). The predicted octanol–water partition coefficient (Wildman–Crippen LogP) is 4.43. The lowest BCUT2D eigenvalue weighted by atomic mass is 9.98. The summed E-state index contributed by atoms with van der Waals surface area (Å²) in [5, 5.41) is 0. The lowest BCUT2D eigenvalue weighted by Gasteiger charge is -2.32. The monoisotopic (exact) mass is 370 g/mol. The predicted molar refractivity (Wildman–Crippen MR) is 113 cm³/mol. The van der Waals surface area contributed by atoms with Gasteiger partial charge in [-0.2, -0.15) is 0 Å². The highest BCUT2D eigenvalue weighted by molar-refractivity contribution is 5.19. The molecule has 0 saturated carbocycles. The molecule has 0 radical (unpaired) electrons. The first-order chi connectivity index (χ1) is 13.1. The molecule has 1 aliphatic rings. The number of likely N-dealkylation sites (tertiary alicyclic amines) is 1. The minimum absolute atomic E-state index is 0.778. The number of aromatic nitrogens is 1. The number of benzene rings is 1.